The molecule has 1 aliphatic rings. The van der Waals surface area contributed by atoms with E-state index in [1.165, 1.54) is 5.56 Å². The van der Waals surface area contributed by atoms with Crippen molar-refractivity contribution in [2.45, 2.75) is 13.3 Å². The van der Waals surface area contributed by atoms with Crippen LogP contribution >= 0.6 is 0 Å². The fourth-order valence-corrected chi connectivity index (χ4v) is 1.95. The molecule has 0 atom stereocenters. The van der Waals surface area contributed by atoms with Crippen LogP contribution in [0.25, 0.3) is 0 Å². The van der Waals surface area contributed by atoms with Gasteiger partial charge in [0.1, 0.15) is 0 Å². The molecular formula is C17H18N2. The Morgan fingerprint density at radius 3 is 2.95 bits per heavy atom. The maximum Gasteiger partial charge on any atom is 0.0669 e. The summed E-state index contributed by atoms with van der Waals surface area (Å²) < 4.78 is 0. The molecule has 1 aromatic carbocycles. The second kappa shape index (κ2) is 6.55. The van der Waals surface area contributed by atoms with Crippen molar-refractivity contribution >= 4 is 11.4 Å². The number of para-hydroxylation sites is 1. The number of hydrogen-bond donors (Lipinski definition) is 1. The van der Waals surface area contributed by atoms with Gasteiger partial charge in [0.15, 0.2) is 0 Å². The van der Waals surface area contributed by atoms with Crippen LogP contribution in [-0.4, -0.2) is 5.71 Å². The zero-order valence-corrected chi connectivity index (χ0v) is 11.1. The molecule has 0 aliphatic carbocycles. The number of fused-ring (bicyclic) bond motifs is 1. The smallest absolute Gasteiger partial charge is 0.0669 e. The van der Waals surface area contributed by atoms with Crippen molar-refractivity contribution in [2.24, 2.45) is 4.99 Å². The summed E-state index contributed by atoms with van der Waals surface area (Å²) in [5.74, 6) is 0. The minimum atomic E-state index is 0.901. The van der Waals surface area contributed by atoms with Crippen molar-refractivity contribution in [1.82, 2.24) is 5.32 Å². The summed E-state index contributed by atoms with van der Waals surface area (Å²) in [6, 6.07) is 8.24. The van der Waals surface area contributed by atoms with Crippen LogP contribution in [0.4, 0.5) is 5.69 Å². The Hall–Kier alpha value is -2.35. The zero-order chi connectivity index (χ0) is 13.5. The van der Waals surface area contributed by atoms with Gasteiger partial charge in [-0.2, -0.15) is 0 Å². The monoisotopic (exact) mass is 250 g/mol. The second-order valence-corrected chi connectivity index (χ2v) is 4.24. The number of hydrogen-bond acceptors (Lipinski definition) is 2. The van der Waals surface area contributed by atoms with Crippen molar-refractivity contribution in [3.05, 3.63) is 78.7 Å². The highest BCUT2D eigenvalue weighted by Gasteiger charge is 2.10. The van der Waals surface area contributed by atoms with Gasteiger partial charge in [-0.1, -0.05) is 36.9 Å². The van der Waals surface area contributed by atoms with Crippen LogP contribution in [0.15, 0.2) is 78.1 Å². The number of nitrogens with zero attached hydrogens (tertiary/aromatic N) is 1. The molecule has 2 rings (SSSR count). The van der Waals surface area contributed by atoms with Gasteiger partial charge in [0.05, 0.1) is 5.69 Å². The van der Waals surface area contributed by atoms with E-state index in [-0.39, 0.29) is 0 Å². The molecule has 0 saturated carbocycles. The van der Waals surface area contributed by atoms with Crippen LogP contribution in [0.2, 0.25) is 0 Å². The van der Waals surface area contributed by atoms with Crippen molar-refractivity contribution in [2.75, 3.05) is 0 Å². The Bertz CT molecular complexity index is 575. The summed E-state index contributed by atoms with van der Waals surface area (Å²) in [6.07, 6.45) is 12.5. The lowest BCUT2D eigenvalue weighted by Gasteiger charge is -1.99. The second-order valence-electron chi connectivity index (χ2n) is 4.24. The predicted octanol–water partition coefficient (Wildman–Crippen LogP) is 4.06. The highest BCUT2D eigenvalue weighted by molar-refractivity contribution is 6.01. The van der Waals surface area contributed by atoms with E-state index in [0.29, 0.717) is 0 Å². The summed E-state index contributed by atoms with van der Waals surface area (Å²) in [6.45, 7) is 5.68. The molecule has 19 heavy (non-hydrogen) atoms. The SMILES string of the molecule is C=C/C=C(\C=C/C)N/C=C/C1=Nc2ccccc2C1. The minimum Gasteiger partial charge on any atom is -0.362 e. The molecule has 0 aromatic heterocycles. The summed E-state index contributed by atoms with van der Waals surface area (Å²) in [5.41, 5.74) is 4.45. The Morgan fingerprint density at radius 1 is 1.37 bits per heavy atom. The largest absolute Gasteiger partial charge is 0.362 e. The molecule has 0 fully saturated rings. The molecule has 1 aromatic rings. The first-order valence-corrected chi connectivity index (χ1v) is 6.37. The van der Waals surface area contributed by atoms with Crippen molar-refractivity contribution in [3.63, 3.8) is 0 Å². The van der Waals surface area contributed by atoms with E-state index in [1.54, 1.807) is 6.08 Å². The van der Waals surface area contributed by atoms with Gasteiger partial charge in [0.2, 0.25) is 0 Å². The number of aliphatic imine (C=N–C) groups is 1. The number of nitrogens with one attached hydrogen (secondary N) is 1. The van der Waals surface area contributed by atoms with Crippen LogP contribution in [0.5, 0.6) is 0 Å². The van der Waals surface area contributed by atoms with Crippen LogP contribution < -0.4 is 5.32 Å². The summed E-state index contributed by atoms with van der Waals surface area (Å²) in [4.78, 5) is 4.57. The first-order chi connectivity index (χ1) is 9.33. The quantitative estimate of drug-likeness (QED) is 0.783. The van der Waals surface area contributed by atoms with E-state index in [1.807, 2.05) is 49.6 Å². The molecular weight excluding hydrogens is 232 g/mol. The third-order valence-electron chi connectivity index (χ3n) is 2.80. The van der Waals surface area contributed by atoms with E-state index in [0.717, 1.165) is 23.5 Å². The van der Waals surface area contributed by atoms with Crippen LogP contribution in [0.1, 0.15) is 12.5 Å². The molecule has 0 radical (unpaired) electrons. The van der Waals surface area contributed by atoms with E-state index in [4.69, 9.17) is 0 Å². The van der Waals surface area contributed by atoms with E-state index >= 15 is 0 Å². The third kappa shape index (κ3) is 3.55. The molecule has 0 unspecified atom stereocenters. The standard InChI is InChI=1S/C17H18N2/c1-3-7-15(8-4-2)18-12-11-16-13-14-9-5-6-10-17(14)19-16/h3-12,18H,1,13H2,2H3/b8-4-,12-11+,15-7+. The first-order valence-electron chi connectivity index (χ1n) is 6.37. The van der Waals surface area contributed by atoms with Crippen LogP contribution in [0.3, 0.4) is 0 Å². The molecule has 1 aliphatic heterocycles. The molecule has 2 heteroatoms. The highest BCUT2D eigenvalue weighted by atomic mass is 14.8. The lowest BCUT2D eigenvalue weighted by Crippen LogP contribution is -2.03. The Morgan fingerprint density at radius 2 is 2.21 bits per heavy atom. The molecule has 0 bridgehead atoms. The number of benzene rings is 1. The summed E-state index contributed by atoms with van der Waals surface area (Å²) >= 11 is 0. The van der Waals surface area contributed by atoms with E-state index < -0.39 is 0 Å². The van der Waals surface area contributed by atoms with Gasteiger partial charge < -0.3 is 5.32 Å². The topological polar surface area (TPSA) is 24.4 Å². The molecule has 2 nitrogen and oxygen atoms in total. The number of allylic oxidation sites excluding steroid dienone is 5. The zero-order valence-electron chi connectivity index (χ0n) is 11.1. The first kappa shape index (κ1) is 13.1. The van der Waals surface area contributed by atoms with Gasteiger partial charge in [0, 0.05) is 24.0 Å². The summed E-state index contributed by atoms with van der Waals surface area (Å²) in [7, 11) is 0. The molecule has 1 heterocycles. The average molecular weight is 250 g/mol. The Labute approximate surface area is 114 Å². The Balaban J connectivity index is 1.98. The fraction of sp³-hybridized carbons (Fsp3) is 0.118. The van der Waals surface area contributed by atoms with Gasteiger partial charge in [-0.15, -0.1) is 0 Å². The third-order valence-corrected chi connectivity index (χ3v) is 2.80. The van der Waals surface area contributed by atoms with Crippen molar-refractivity contribution in [3.8, 4) is 0 Å². The average Bonchev–Trinajstić information content (AvgIpc) is 2.82. The van der Waals surface area contributed by atoms with Crippen molar-refractivity contribution in [1.29, 1.82) is 0 Å². The van der Waals surface area contributed by atoms with Crippen molar-refractivity contribution < 1.29 is 0 Å². The molecule has 0 amide bonds. The minimum absolute atomic E-state index is 0.901. The fourth-order valence-electron chi connectivity index (χ4n) is 1.95. The normalized spacial score (nSPS) is 14.8. The molecule has 0 spiro atoms. The van der Waals surface area contributed by atoms with Gasteiger partial charge in [-0.25, -0.2) is 0 Å². The van der Waals surface area contributed by atoms with Gasteiger partial charge in [0.25, 0.3) is 0 Å². The van der Waals surface area contributed by atoms with Gasteiger partial charge >= 0.3 is 0 Å². The lowest BCUT2D eigenvalue weighted by molar-refractivity contribution is 1.11. The lowest BCUT2D eigenvalue weighted by atomic mass is 10.1. The maximum absolute atomic E-state index is 4.57. The maximum atomic E-state index is 4.57. The van der Waals surface area contributed by atoms with E-state index in [2.05, 4.69) is 29.0 Å². The Kier molecular flexibility index (Phi) is 4.51. The highest BCUT2D eigenvalue weighted by Crippen LogP contribution is 2.25. The predicted molar refractivity (Wildman–Crippen MR) is 82.6 cm³/mol. The molecule has 96 valence electrons. The van der Waals surface area contributed by atoms with Gasteiger partial charge in [-0.05, 0) is 36.8 Å². The van der Waals surface area contributed by atoms with Crippen LogP contribution in [-0.2, 0) is 6.42 Å². The van der Waals surface area contributed by atoms with Crippen LogP contribution in [0, 0.1) is 0 Å². The molecule has 0 saturated heterocycles. The van der Waals surface area contributed by atoms with E-state index in [9.17, 15) is 0 Å². The number of rotatable bonds is 5. The molecule has 1 N–H and O–H groups in total. The van der Waals surface area contributed by atoms with Gasteiger partial charge in [-0.3, -0.25) is 4.99 Å². The summed E-state index contributed by atoms with van der Waals surface area (Å²) in [5, 5.41) is 3.22.